The van der Waals surface area contributed by atoms with Crippen LogP contribution in [0.15, 0.2) is 21.4 Å². The number of aromatic nitrogens is 2. The van der Waals surface area contributed by atoms with Crippen LogP contribution < -0.4 is 5.56 Å². The van der Waals surface area contributed by atoms with Crippen molar-refractivity contribution in [3.8, 4) is 16.9 Å². The largest absolute Gasteiger partial charge is 0.505 e. The number of hydrogen-bond acceptors (Lipinski definition) is 3. The zero-order valence-corrected chi connectivity index (χ0v) is 13.0. The maximum atomic E-state index is 12.2. The molecule has 1 heterocycles. The molecular formula is C13H12BrClN2O2. The minimum Gasteiger partial charge on any atom is -0.505 e. The van der Waals surface area contributed by atoms with Crippen LogP contribution in [-0.4, -0.2) is 14.9 Å². The molecule has 0 bridgehead atoms. The van der Waals surface area contributed by atoms with Gasteiger partial charge in [0.15, 0.2) is 5.75 Å². The topological polar surface area (TPSA) is 55.1 Å². The van der Waals surface area contributed by atoms with Crippen molar-refractivity contribution < 1.29 is 5.11 Å². The van der Waals surface area contributed by atoms with Crippen LogP contribution in [0.3, 0.4) is 0 Å². The van der Waals surface area contributed by atoms with E-state index in [9.17, 15) is 9.90 Å². The highest BCUT2D eigenvalue weighted by molar-refractivity contribution is 9.10. The molecule has 1 aromatic heterocycles. The highest BCUT2D eigenvalue weighted by Gasteiger charge is 2.19. The Labute approximate surface area is 123 Å². The van der Waals surface area contributed by atoms with Gasteiger partial charge in [0, 0.05) is 22.1 Å². The number of nitrogens with zero attached hydrogens (tertiary/aromatic N) is 2. The third-order valence-corrected chi connectivity index (χ3v) is 3.73. The molecule has 1 aromatic carbocycles. The van der Waals surface area contributed by atoms with Crippen molar-refractivity contribution in [1.29, 1.82) is 0 Å². The van der Waals surface area contributed by atoms with Crippen LogP contribution in [0.5, 0.6) is 5.75 Å². The Bertz CT molecular complexity index is 702. The number of rotatable bonds is 1. The zero-order valence-electron chi connectivity index (χ0n) is 10.7. The highest BCUT2D eigenvalue weighted by atomic mass is 79.9. The van der Waals surface area contributed by atoms with Gasteiger partial charge >= 0.3 is 0 Å². The van der Waals surface area contributed by atoms with Crippen molar-refractivity contribution in [2.24, 2.45) is 7.05 Å². The van der Waals surface area contributed by atoms with E-state index in [-0.39, 0.29) is 16.9 Å². The second-order valence-corrected chi connectivity index (χ2v) is 5.61. The first kappa shape index (κ1) is 14.1. The lowest BCUT2D eigenvalue weighted by atomic mass is 10.0. The molecular weight excluding hydrogens is 332 g/mol. The molecule has 0 saturated heterocycles. The van der Waals surface area contributed by atoms with Crippen molar-refractivity contribution in [2.45, 2.75) is 13.8 Å². The van der Waals surface area contributed by atoms with Crippen molar-refractivity contribution in [3.05, 3.63) is 43.2 Å². The molecule has 0 saturated carbocycles. The summed E-state index contributed by atoms with van der Waals surface area (Å²) in [6.45, 7) is 3.48. The van der Waals surface area contributed by atoms with Gasteiger partial charge in [0.25, 0.3) is 5.56 Å². The van der Waals surface area contributed by atoms with Crippen LogP contribution in [-0.2, 0) is 7.05 Å². The summed E-state index contributed by atoms with van der Waals surface area (Å²) < 4.78 is 1.88. The minimum absolute atomic E-state index is 0.103. The molecule has 0 aliphatic heterocycles. The molecule has 0 radical (unpaired) electrons. The molecule has 4 nitrogen and oxygen atoms in total. The Morgan fingerprint density at radius 1 is 1.32 bits per heavy atom. The van der Waals surface area contributed by atoms with Crippen LogP contribution in [0.1, 0.15) is 11.3 Å². The molecule has 0 fully saturated rings. The quantitative estimate of drug-likeness (QED) is 0.865. The molecule has 2 aromatic rings. The number of hydrogen-bond donors (Lipinski definition) is 1. The maximum Gasteiger partial charge on any atom is 0.278 e. The number of halogens is 2. The molecule has 0 spiro atoms. The van der Waals surface area contributed by atoms with Gasteiger partial charge in [0.05, 0.1) is 5.56 Å². The summed E-state index contributed by atoms with van der Waals surface area (Å²) in [6.07, 6.45) is 0. The van der Waals surface area contributed by atoms with Gasteiger partial charge in [-0.1, -0.05) is 27.5 Å². The summed E-state index contributed by atoms with van der Waals surface area (Å²) in [6, 6.07) is 3.44. The van der Waals surface area contributed by atoms with Gasteiger partial charge in [-0.25, -0.2) is 4.68 Å². The molecule has 0 unspecified atom stereocenters. The second kappa shape index (κ2) is 4.98. The Morgan fingerprint density at radius 3 is 2.53 bits per heavy atom. The number of aromatic hydroxyl groups is 1. The summed E-state index contributed by atoms with van der Waals surface area (Å²) in [4.78, 5) is 12.2. The van der Waals surface area contributed by atoms with Crippen LogP contribution in [0, 0.1) is 13.8 Å². The van der Waals surface area contributed by atoms with Gasteiger partial charge in [-0.05, 0) is 31.5 Å². The predicted molar refractivity (Wildman–Crippen MR) is 78.8 cm³/mol. The molecule has 0 aliphatic carbocycles. The summed E-state index contributed by atoms with van der Waals surface area (Å²) in [5.41, 5.74) is 1.72. The van der Waals surface area contributed by atoms with E-state index >= 15 is 0 Å². The van der Waals surface area contributed by atoms with Crippen LogP contribution in [0.25, 0.3) is 11.1 Å². The molecule has 100 valence electrons. The average Bonchev–Trinajstić information content (AvgIpc) is 2.30. The van der Waals surface area contributed by atoms with E-state index in [4.69, 9.17) is 11.6 Å². The summed E-state index contributed by atoms with van der Waals surface area (Å²) in [5.74, 6) is -0.103. The van der Waals surface area contributed by atoms with Crippen molar-refractivity contribution in [2.75, 3.05) is 0 Å². The third kappa shape index (κ3) is 2.40. The van der Waals surface area contributed by atoms with Gasteiger partial charge in [0.2, 0.25) is 0 Å². The van der Waals surface area contributed by atoms with E-state index in [1.807, 2.05) is 6.92 Å². The van der Waals surface area contributed by atoms with Crippen LogP contribution in [0.4, 0.5) is 0 Å². The lowest BCUT2D eigenvalue weighted by molar-refractivity contribution is 0.460. The summed E-state index contributed by atoms with van der Waals surface area (Å²) in [7, 11) is 1.55. The first-order valence-corrected chi connectivity index (χ1v) is 6.73. The Kier molecular flexibility index (Phi) is 3.69. The van der Waals surface area contributed by atoms with Crippen molar-refractivity contribution >= 4 is 27.5 Å². The monoisotopic (exact) mass is 342 g/mol. The zero-order chi connectivity index (χ0) is 14.3. The molecule has 0 atom stereocenters. The second-order valence-electron chi connectivity index (χ2n) is 4.32. The molecule has 0 amide bonds. The SMILES string of the molecule is Cc1cc(Cl)cc(Br)c1-c1c(O)c(C)nn(C)c1=O. The fourth-order valence-electron chi connectivity index (χ4n) is 2.01. The lowest BCUT2D eigenvalue weighted by Gasteiger charge is -2.13. The van der Waals surface area contributed by atoms with E-state index in [0.29, 0.717) is 20.8 Å². The van der Waals surface area contributed by atoms with Crippen LogP contribution in [0.2, 0.25) is 5.02 Å². The molecule has 0 aliphatic rings. The van der Waals surface area contributed by atoms with Crippen molar-refractivity contribution in [1.82, 2.24) is 9.78 Å². The first-order valence-electron chi connectivity index (χ1n) is 5.55. The van der Waals surface area contributed by atoms with E-state index in [1.54, 1.807) is 26.1 Å². The van der Waals surface area contributed by atoms with Crippen molar-refractivity contribution in [3.63, 3.8) is 0 Å². The van der Waals surface area contributed by atoms with E-state index in [1.165, 1.54) is 4.68 Å². The van der Waals surface area contributed by atoms with Gasteiger partial charge < -0.3 is 5.11 Å². The minimum atomic E-state index is -0.353. The van der Waals surface area contributed by atoms with E-state index < -0.39 is 0 Å². The fraction of sp³-hybridized carbons (Fsp3) is 0.231. The maximum absolute atomic E-state index is 12.2. The smallest absolute Gasteiger partial charge is 0.278 e. The Hall–Kier alpha value is -1.33. The standard InChI is InChI=1S/C13H12BrClN2O2/c1-6-4-8(15)5-9(14)10(6)11-12(18)7(2)16-17(3)13(11)19/h4-5,18H,1-3H3. The van der Waals surface area contributed by atoms with Gasteiger partial charge in [-0.2, -0.15) is 5.10 Å². The third-order valence-electron chi connectivity index (χ3n) is 2.89. The average molecular weight is 344 g/mol. The molecule has 19 heavy (non-hydrogen) atoms. The Morgan fingerprint density at radius 2 is 1.95 bits per heavy atom. The van der Waals surface area contributed by atoms with Gasteiger partial charge in [-0.15, -0.1) is 0 Å². The molecule has 1 N–H and O–H groups in total. The van der Waals surface area contributed by atoms with Gasteiger partial charge in [-0.3, -0.25) is 4.79 Å². The van der Waals surface area contributed by atoms with E-state index in [0.717, 1.165) is 5.56 Å². The van der Waals surface area contributed by atoms with E-state index in [2.05, 4.69) is 21.0 Å². The highest BCUT2D eigenvalue weighted by Crippen LogP contribution is 2.37. The lowest BCUT2D eigenvalue weighted by Crippen LogP contribution is -2.22. The first-order chi connectivity index (χ1) is 8.82. The Balaban J connectivity index is 2.91. The molecule has 6 heteroatoms. The normalized spacial score (nSPS) is 10.8. The summed E-state index contributed by atoms with van der Waals surface area (Å²) >= 11 is 9.35. The van der Waals surface area contributed by atoms with Gasteiger partial charge in [0.1, 0.15) is 5.69 Å². The predicted octanol–water partition coefficient (Wildman–Crippen LogP) is 3.19. The fourth-order valence-corrected chi connectivity index (χ4v) is 3.17. The summed E-state index contributed by atoms with van der Waals surface area (Å²) in [5, 5.41) is 14.7. The molecule has 2 rings (SSSR count). The number of benzene rings is 1. The van der Waals surface area contributed by atoms with Crippen LogP contribution >= 0.6 is 27.5 Å². The number of aryl methyl sites for hydroxylation is 3.